The minimum atomic E-state index is -0.243. The van der Waals surface area contributed by atoms with Gasteiger partial charge in [-0.1, -0.05) is 53.8 Å². The third-order valence-electron chi connectivity index (χ3n) is 3.90. The summed E-state index contributed by atoms with van der Waals surface area (Å²) in [5.74, 6) is -0.462. The van der Waals surface area contributed by atoms with Gasteiger partial charge in [-0.05, 0) is 35.7 Å². The van der Waals surface area contributed by atoms with Gasteiger partial charge in [0.25, 0.3) is 11.8 Å². The standard InChI is InChI=1S/C21H15N3O2S2/c25-18(14-8-3-1-4-9-14)23-20-17(16-12-7-13-27-16)22-21(28-20)24-19(26)15-10-5-2-6-11-15/h1-13H,(H,23,25)(H,22,24,26). The number of hydrogen-bond acceptors (Lipinski definition) is 5. The lowest BCUT2D eigenvalue weighted by Crippen LogP contribution is -2.11. The second kappa shape index (κ2) is 8.16. The Morgan fingerprint density at radius 3 is 1.93 bits per heavy atom. The van der Waals surface area contributed by atoms with Gasteiger partial charge in [0, 0.05) is 11.1 Å². The molecular weight excluding hydrogens is 390 g/mol. The Morgan fingerprint density at radius 2 is 1.36 bits per heavy atom. The summed E-state index contributed by atoms with van der Waals surface area (Å²) in [7, 11) is 0. The van der Waals surface area contributed by atoms with E-state index in [1.165, 1.54) is 22.7 Å². The second-order valence-corrected chi connectivity index (χ2v) is 7.76. The zero-order valence-electron chi connectivity index (χ0n) is 14.6. The first-order valence-electron chi connectivity index (χ1n) is 8.48. The Morgan fingerprint density at radius 1 is 0.750 bits per heavy atom. The lowest BCUT2D eigenvalue weighted by Gasteiger charge is -2.04. The highest BCUT2D eigenvalue weighted by Gasteiger charge is 2.18. The molecule has 0 fully saturated rings. The number of thiophene rings is 1. The van der Waals surface area contributed by atoms with E-state index >= 15 is 0 Å². The summed E-state index contributed by atoms with van der Waals surface area (Å²) in [6.45, 7) is 0. The van der Waals surface area contributed by atoms with Crippen LogP contribution < -0.4 is 10.6 Å². The van der Waals surface area contributed by atoms with E-state index in [1.54, 1.807) is 36.4 Å². The zero-order chi connectivity index (χ0) is 19.3. The molecular formula is C21H15N3O2S2. The van der Waals surface area contributed by atoms with Crippen molar-refractivity contribution in [3.05, 3.63) is 89.3 Å². The number of nitrogens with one attached hydrogen (secondary N) is 2. The predicted molar refractivity (Wildman–Crippen MR) is 114 cm³/mol. The van der Waals surface area contributed by atoms with Crippen LogP contribution >= 0.6 is 22.7 Å². The summed E-state index contributed by atoms with van der Waals surface area (Å²) >= 11 is 2.76. The van der Waals surface area contributed by atoms with Crippen molar-refractivity contribution in [1.29, 1.82) is 0 Å². The number of rotatable bonds is 5. The van der Waals surface area contributed by atoms with Gasteiger partial charge >= 0.3 is 0 Å². The number of nitrogens with zero attached hydrogens (tertiary/aromatic N) is 1. The van der Waals surface area contributed by atoms with Crippen molar-refractivity contribution in [1.82, 2.24) is 4.98 Å². The number of thiazole rings is 1. The van der Waals surface area contributed by atoms with Crippen LogP contribution in [0.4, 0.5) is 10.1 Å². The van der Waals surface area contributed by atoms with Gasteiger partial charge in [0.15, 0.2) is 5.13 Å². The molecule has 28 heavy (non-hydrogen) atoms. The van der Waals surface area contributed by atoms with Crippen LogP contribution in [0, 0.1) is 0 Å². The molecule has 2 heterocycles. The normalized spacial score (nSPS) is 10.4. The number of hydrogen-bond donors (Lipinski definition) is 2. The molecule has 138 valence electrons. The summed E-state index contributed by atoms with van der Waals surface area (Å²) in [5.41, 5.74) is 1.75. The molecule has 2 N–H and O–H groups in total. The van der Waals surface area contributed by atoms with E-state index in [0.29, 0.717) is 27.0 Å². The van der Waals surface area contributed by atoms with E-state index < -0.39 is 0 Å². The SMILES string of the molecule is O=C(Nc1nc(-c2cccs2)c(NC(=O)c2ccccc2)s1)c1ccccc1. The van der Waals surface area contributed by atoms with E-state index in [0.717, 1.165) is 4.88 Å². The van der Waals surface area contributed by atoms with Gasteiger partial charge in [-0.15, -0.1) is 11.3 Å². The van der Waals surface area contributed by atoms with Crippen LogP contribution in [0.25, 0.3) is 10.6 Å². The summed E-state index contributed by atoms with van der Waals surface area (Å²) in [6.07, 6.45) is 0. The fraction of sp³-hybridized carbons (Fsp3) is 0. The average molecular weight is 406 g/mol. The third kappa shape index (κ3) is 4.00. The van der Waals surface area contributed by atoms with Crippen molar-refractivity contribution in [2.75, 3.05) is 10.6 Å². The molecule has 0 bridgehead atoms. The zero-order valence-corrected chi connectivity index (χ0v) is 16.2. The van der Waals surface area contributed by atoms with E-state index in [1.807, 2.05) is 41.8 Å². The first kappa shape index (κ1) is 18.1. The van der Waals surface area contributed by atoms with Crippen LogP contribution in [0.2, 0.25) is 0 Å². The van der Waals surface area contributed by atoms with E-state index in [4.69, 9.17) is 0 Å². The van der Waals surface area contributed by atoms with Crippen LogP contribution in [0.15, 0.2) is 78.2 Å². The van der Waals surface area contributed by atoms with Crippen LogP contribution in [-0.4, -0.2) is 16.8 Å². The topological polar surface area (TPSA) is 71.1 Å². The maximum Gasteiger partial charge on any atom is 0.257 e. The van der Waals surface area contributed by atoms with Crippen LogP contribution in [-0.2, 0) is 0 Å². The Kier molecular flexibility index (Phi) is 5.27. The van der Waals surface area contributed by atoms with Crippen LogP contribution in [0.5, 0.6) is 0 Å². The highest BCUT2D eigenvalue weighted by Crippen LogP contribution is 2.38. The van der Waals surface area contributed by atoms with Crippen molar-refractivity contribution in [3.8, 4) is 10.6 Å². The third-order valence-corrected chi connectivity index (χ3v) is 5.66. The predicted octanol–water partition coefficient (Wildman–Crippen LogP) is 5.38. The molecule has 0 saturated carbocycles. The van der Waals surface area contributed by atoms with Gasteiger partial charge in [0.1, 0.15) is 10.7 Å². The Hall–Kier alpha value is -3.29. The van der Waals surface area contributed by atoms with Crippen LogP contribution in [0.3, 0.4) is 0 Å². The van der Waals surface area contributed by atoms with E-state index in [-0.39, 0.29) is 11.8 Å². The fourth-order valence-electron chi connectivity index (χ4n) is 2.56. The molecule has 4 aromatic rings. The van der Waals surface area contributed by atoms with Crippen molar-refractivity contribution in [2.24, 2.45) is 0 Å². The van der Waals surface area contributed by atoms with Gasteiger partial charge in [-0.3, -0.25) is 14.9 Å². The fourth-order valence-corrected chi connectivity index (χ4v) is 4.22. The smallest absolute Gasteiger partial charge is 0.257 e. The van der Waals surface area contributed by atoms with Gasteiger partial charge in [0.05, 0.1) is 4.88 Å². The Labute approximate surface area is 169 Å². The quantitative estimate of drug-likeness (QED) is 0.468. The summed E-state index contributed by atoms with van der Waals surface area (Å²) in [5, 5.41) is 8.71. The number of anilines is 2. The first-order chi connectivity index (χ1) is 13.7. The van der Waals surface area contributed by atoms with Gasteiger partial charge < -0.3 is 5.32 Å². The highest BCUT2D eigenvalue weighted by molar-refractivity contribution is 7.21. The summed E-state index contributed by atoms with van der Waals surface area (Å²) in [4.78, 5) is 30.5. The Balaban J connectivity index is 1.62. The average Bonchev–Trinajstić information content (AvgIpc) is 3.39. The lowest BCUT2D eigenvalue weighted by atomic mass is 10.2. The minimum Gasteiger partial charge on any atom is -0.312 e. The molecule has 5 nitrogen and oxygen atoms in total. The summed E-state index contributed by atoms with van der Waals surface area (Å²) < 4.78 is 0. The lowest BCUT2D eigenvalue weighted by molar-refractivity contribution is 0.101. The summed E-state index contributed by atoms with van der Waals surface area (Å²) in [6, 6.07) is 21.8. The molecule has 4 rings (SSSR count). The molecule has 0 spiro atoms. The van der Waals surface area contributed by atoms with Crippen molar-refractivity contribution in [3.63, 3.8) is 0 Å². The van der Waals surface area contributed by atoms with Gasteiger partial charge in [-0.25, -0.2) is 4.98 Å². The highest BCUT2D eigenvalue weighted by atomic mass is 32.1. The molecule has 2 amide bonds. The number of carbonyl (C=O) groups is 2. The largest absolute Gasteiger partial charge is 0.312 e. The molecule has 0 saturated heterocycles. The second-order valence-electron chi connectivity index (χ2n) is 5.81. The maximum atomic E-state index is 12.6. The molecule has 0 aliphatic heterocycles. The Bertz CT molecular complexity index is 1090. The van der Waals surface area contributed by atoms with E-state index in [2.05, 4.69) is 15.6 Å². The van der Waals surface area contributed by atoms with Crippen LogP contribution in [0.1, 0.15) is 20.7 Å². The molecule has 2 aromatic carbocycles. The number of benzene rings is 2. The molecule has 2 aromatic heterocycles. The van der Waals surface area contributed by atoms with Gasteiger partial charge in [-0.2, -0.15) is 0 Å². The van der Waals surface area contributed by atoms with Crippen molar-refractivity contribution in [2.45, 2.75) is 0 Å². The molecule has 0 radical (unpaired) electrons. The molecule has 0 aliphatic carbocycles. The number of amides is 2. The van der Waals surface area contributed by atoms with Crippen molar-refractivity contribution >= 4 is 44.6 Å². The molecule has 0 aliphatic rings. The monoisotopic (exact) mass is 405 g/mol. The molecule has 0 atom stereocenters. The number of carbonyl (C=O) groups excluding carboxylic acids is 2. The van der Waals surface area contributed by atoms with E-state index in [9.17, 15) is 9.59 Å². The maximum absolute atomic E-state index is 12.6. The van der Waals surface area contributed by atoms with Crippen molar-refractivity contribution < 1.29 is 9.59 Å². The first-order valence-corrected chi connectivity index (χ1v) is 10.2. The number of aromatic nitrogens is 1. The minimum absolute atomic E-state index is 0.219. The van der Waals surface area contributed by atoms with Gasteiger partial charge in [0.2, 0.25) is 0 Å². The molecule has 0 unspecified atom stereocenters. The molecule has 7 heteroatoms.